The number of nitrogens with zero attached hydrogens (tertiary/aromatic N) is 3. The highest BCUT2D eigenvalue weighted by atomic mass is 19.1. The van der Waals surface area contributed by atoms with Crippen LogP contribution in [0.25, 0.3) is 11.0 Å². The van der Waals surface area contributed by atoms with Crippen LogP contribution in [0.1, 0.15) is 28.4 Å². The quantitative estimate of drug-likeness (QED) is 0.727. The summed E-state index contributed by atoms with van der Waals surface area (Å²) >= 11 is 0. The van der Waals surface area contributed by atoms with E-state index in [1.54, 1.807) is 19.2 Å². The van der Waals surface area contributed by atoms with Gasteiger partial charge in [0.15, 0.2) is 0 Å². The minimum Gasteiger partial charge on any atom is -0.481 e. The predicted octanol–water partition coefficient (Wildman–Crippen LogP) is 2.19. The number of hydrogen-bond acceptors (Lipinski definition) is 4. The Kier molecular flexibility index (Phi) is 4.61. The Balaban J connectivity index is 1.95. The van der Waals surface area contributed by atoms with Crippen molar-refractivity contribution >= 4 is 22.9 Å². The highest BCUT2D eigenvalue weighted by molar-refractivity contribution is 6.04. The largest absolute Gasteiger partial charge is 0.481 e. The summed E-state index contributed by atoms with van der Waals surface area (Å²) in [4.78, 5) is 23.8. The number of carbonyl (C=O) groups excluding carboxylic acids is 1. The molecule has 0 aliphatic heterocycles. The molecule has 1 atom stereocenters. The number of hydrogen-bond donors (Lipinski definition) is 2. The maximum absolute atomic E-state index is 14.1. The van der Waals surface area contributed by atoms with Crippen LogP contribution in [-0.2, 0) is 11.8 Å². The standard InChI is InChI=1S/C17H14F2N4O3/c1-23-14-4-2-3-11(16(14)21-22-23)17(26)20-13(8-15(24)25)10-6-5-9(18)7-12(10)19/h2-7,13H,8H2,1H3,(H,20,26)(H,24,25). The lowest BCUT2D eigenvalue weighted by Gasteiger charge is -2.18. The van der Waals surface area contributed by atoms with Crippen LogP contribution in [-0.4, -0.2) is 32.0 Å². The van der Waals surface area contributed by atoms with Gasteiger partial charge in [0, 0.05) is 18.7 Å². The Morgan fingerprint density at radius 3 is 2.73 bits per heavy atom. The number of carboxylic acids is 1. The zero-order chi connectivity index (χ0) is 18.8. The zero-order valence-corrected chi connectivity index (χ0v) is 13.6. The van der Waals surface area contributed by atoms with Crippen molar-refractivity contribution in [1.82, 2.24) is 20.3 Å². The number of carbonyl (C=O) groups is 2. The molecule has 0 fully saturated rings. The highest BCUT2D eigenvalue weighted by Crippen LogP contribution is 2.23. The fourth-order valence-electron chi connectivity index (χ4n) is 2.67. The van der Waals surface area contributed by atoms with Crippen LogP contribution in [0.3, 0.4) is 0 Å². The van der Waals surface area contributed by atoms with Gasteiger partial charge < -0.3 is 10.4 Å². The van der Waals surface area contributed by atoms with Crippen LogP contribution in [0.4, 0.5) is 8.78 Å². The van der Waals surface area contributed by atoms with Gasteiger partial charge in [-0.3, -0.25) is 9.59 Å². The van der Waals surface area contributed by atoms with Crippen molar-refractivity contribution in [1.29, 1.82) is 0 Å². The molecule has 1 heterocycles. The van der Waals surface area contributed by atoms with E-state index in [0.717, 1.165) is 12.1 Å². The first-order valence-corrected chi connectivity index (χ1v) is 7.63. The van der Waals surface area contributed by atoms with Crippen LogP contribution in [0.2, 0.25) is 0 Å². The number of aryl methyl sites for hydroxylation is 1. The topological polar surface area (TPSA) is 97.1 Å². The number of rotatable bonds is 5. The Labute approximate surface area is 146 Å². The molecule has 0 aliphatic carbocycles. The minimum atomic E-state index is -1.24. The third-order valence-electron chi connectivity index (χ3n) is 3.91. The number of aliphatic carboxylic acids is 1. The van der Waals surface area contributed by atoms with Crippen molar-refractivity contribution in [2.24, 2.45) is 7.05 Å². The molecule has 2 N–H and O–H groups in total. The van der Waals surface area contributed by atoms with E-state index >= 15 is 0 Å². The smallest absolute Gasteiger partial charge is 0.305 e. The lowest BCUT2D eigenvalue weighted by atomic mass is 10.0. The van der Waals surface area contributed by atoms with E-state index in [1.807, 2.05) is 0 Å². The molecule has 0 radical (unpaired) electrons. The third kappa shape index (κ3) is 3.37. The Hall–Kier alpha value is -3.36. The summed E-state index contributed by atoms with van der Waals surface area (Å²) in [6.45, 7) is 0. The Morgan fingerprint density at radius 1 is 1.27 bits per heavy atom. The van der Waals surface area contributed by atoms with E-state index in [1.165, 1.54) is 10.7 Å². The fourth-order valence-corrected chi connectivity index (χ4v) is 2.67. The van der Waals surface area contributed by atoms with Crippen molar-refractivity contribution < 1.29 is 23.5 Å². The molecule has 1 unspecified atom stereocenters. The molecule has 134 valence electrons. The number of halogens is 2. The molecule has 2 aromatic carbocycles. The number of carboxylic acid groups (broad SMARTS) is 1. The van der Waals surface area contributed by atoms with Crippen LogP contribution >= 0.6 is 0 Å². The second-order valence-electron chi connectivity index (χ2n) is 5.68. The summed E-state index contributed by atoms with van der Waals surface area (Å²) < 4.78 is 28.7. The van der Waals surface area contributed by atoms with Crippen molar-refractivity contribution in [3.05, 3.63) is 59.2 Å². The molecule has 1 aromatic heterocycles. The number of aromatic nitrogens is 3. The summed E-state index contributed by atoms with van der Waals surface area (Å²) in [6, 6.07) is 6.44. The zero-order valence-electron chi connectivity index (χ0n) is 13.6. The van der Waals surface area contributed by atoms with E-state index in [-0.39, 0.29) is 11.1 Å². The maximum atomic E-state index is 14.1. The SMILES string of the molecule is Cn1nnc2c(C(=O)NC(CC(=O)O)c3ccc(F)cc3F)cccc21. The summed E-state index contributed by atoms with van der Waals surface area (Å²) in [5.41, 5.74) is 1.00. The predicted molar refractivity (Wildman–Crippen MR) is 87.3 cm³/mol. The van der Waals surface area contributed by atoms with Gasteiger partial charge in [-0.25, -0.2) is 13.5 Å². The average molecular weight is 360 g/mol. The molecule has 0 saturated heterocycles. The molecule has 0 saturated carbocycles. The molecule has 1 amide bonds. The number of fused-ring (bicyclic) bond motifs is 1. The lowest BCUT2D eigenvalue weighted by Crippen LogP contribution is -2.31. The highest BCUT2D eigenvalue weighted by Gasteiger charge is 2.23. The third-order valence-corrected chi connectivity index (χ3v) is 3.91. The molecule has 0 bridgehead atoms. The van der Waals surface area contributed by atoms with E-state index in [4.69, 9.17) is 5.11 Å². The van der Waals surface area contributed by atoms with Gasteiger partial charge in [0.25, 0.3) is 5.91 Å². The van der Waals surface area contributed by atoms with Crippen LogP contribution in [0, 0.1) is 11.6 Å². The number of amides is 1. The fraction of sp³-hybridized carbons (Fsp3) is 0.176. The van der Waals surface area contributed by atoms with Crippen molar-refractivity contribution in [3.8, 4) is 0 Å². The van der Waals surface area contributed by atoms with Gasteiger partial charge in [-0.1, -0.05) is 17.3 Å². The lowest BCUT2D eigenvalue weighted by molar-refractivity contribution is -0.137. The van der Waals surface area contributed by atoms with E-state index in [9.17, 15) is 18.4 Å². The van der Waals surface area contributed by atoms with Gasteiger partial charge in [0.1, 0.15) is 17.2 Å². The second-order valence-corrected chi connectivity index (χ2v) is 5.68. The normalized spacial score (nSPS) is 12.1. The number of nitrogens with one attached hydrogen (secondary N) is 1. The van der Waals surface area contributed by atoms with Crippen molar-refractivity contribution in [2.75, 3.05) is 0 Å². The van der Waals surface area contributed by atoms with Crippen molar-refractivity contribution in [2.45, 2.75) is 12.5 Å². The summed E-state index contributed by atoms with van der Waals surface area (Å²) in [7, 11) is 1.66. The van der Waals surface area contributed by atoms with E-state index in [2.05, 4.69) is 15.6 Å². The molecule has 9 heteroatoms. The second kappa shape index (κ2) is 6.87. The molecule has 7 nitrogen and oxygen atoms in total. The number of benzene rings is 2. The van der Waals surface area contributed by atoms with Gasteiger partial charge in [0.2, 0.25) is 0 Å². The van der Waals surface area contributed by atoms with Crippen molar-refractivity contribution in [3.63, 3.8) is 0 Å². The van der Waals surface area contributed by atoms with Gasteiger partial charge in [-0.05, 0) is 18.2 Å². The molecule has 0 aliphatic rings. The van der Waals surface area contributed by atoms with Gasteiger partial charge in [-0.2, -0.15) is 0 Å². The van der Waals surface area contributed by atoms with Crippen LogP contribution < -0.4 is 5.32 Å². The first-order valence-electron chi connectivity index (χ1n) is 7.63. The molecule has 3 aromatic rings. The summed E-state index contributed by atoms with van der Waals surface area (Å²) in [6.07, 6.45) is -0.565. The summed E-state index contributed by atoms with van der Waals surface area (Å²) in [5, 5.41) is 19.3. The van der Waals surface area contributed by atoms with Gasteiger partial charge in [-0.15, -0.1) is 5.10 Å². The molecular formula is C17H14F2N4O3. The minimum absolute atomic E-state index is 0.117. The van der Waals surface area contributed by atoms with Crippen LogP contribution in [0.15, 0.2) is 36.4 Å². The van der Waals surface area contributed by atoms with Crippen LogP contribution in [0.5, 0.6) is 0 Å². The summed E-state index contributed by atoms with van der Waals surface area (Å²) in [5.74, 6) is -3.60. The molecular weight excluding hydrogens is 346 g/mol. The Morgan fingerprint density at radius 2 is 2.04 bits per heavy atom. The first kappa shape index (κ1) is 17.5. The maximum Gasteiger partial charge on any atom is 0.305 e. The average Bonchev–Trinajstić information content (AvgIpc) is 2.95. The molecule has 26 heavy (non-hydrogen) atoms. The van der Waals surface area contributed by atoms with E-state index < -0.39 is 36.0 Å². The van der Waals surface area contributed by atoms with Gasteiger partial charge in [0.05, 0.1) is 23.5 Å². The molecule has 3 rings (SSSR count). The van der Waals surface area contributed by atoms with E-state index in [0.29, 0.717) is 17.1 Å². The molecule has 0 spiro atoms. The Bertz CT molecular complexity index is 1000. The monoisotopic (exact) mass is 360 g/mol. The first-order chi connectivity index (χ1) is 12.4. The van der Waals surface area contributed by atoms with Gasteiger partial charge >= 0.3 is 5.97 Å².